The van der Waals surface area contributed by atoms with Crippen LogP contribution >= 0.6 is 0 Å². The van der Waals surface area contributed by atoms with Crippen molar-refractivity contribution < 1.29 is 23.8 Å². The zero-order valence-electron chi connectivity index (χ0n) is 17.6. The summed E-state index contributed by atoms with van der Waals surface area (Å²) in [5, 5.41) is 3.80. The second-order valence-corrected chi connectivity index (χ2v) is 7.91. The van der Waals surface area contributed by atoms with Crippen molar-refractivity contribution in [1.82, 2.24) is 4.90 Å². The molecule has 1 aliphatic rings. The Morgan fingerprint density at radius 1 is 1.18 bits per heavy atom. The number of unbranched alkanes of at least 4 members (excludes halogenated alkanes) is 1. The summed E-state index contributed by atoms with van der Waals surface area (Å²) in [4.78, 5) is 28.6. The Balaban J connectivity index is 2.49. The molecule has 9 heteroatoms. The molecule has 0 radical (unpaired) electrons. The second kappa shape index (κ2) is 12.5. The summed E-state index contributed by atoms with van der Waals surface area (Å²) < 4.78 is 15.7. The number of carbonyl (C=O) groups is 2. The third-order valence-corrected chi connectivity index (χ3v) is 4.41. The largest absolute Gasteiger partial charge is 0.464 e. The van der Waals surface area contributed by atoms with Crippen LogP contribution in [0.25, 0.3) is 10.4 Å². The van der Waals surface area contributed by atoms with Gasteiger partial charge in [0.15, 0.2) is 0 Å². The van der Waals surface area contributed by atoms with Gasteiger partial charge in [-0.2, -0.15) is 0 Å². The average molecular weight is 399 g/mol. The van der Waals surface area contributed by atoms with Gasteiger partial charge in [0.2, 0.25) is 0 Å². The van der Waals surface area contributed by atoms with Crippen molar-refractivity contribution in [3.05, 3.63) is 10.4 Å². The number of esters is 1. The van der Waals surface area contributed by atoms with Gasteiger partial charge >= 0.3 is 12.1 Å². The highest BCUT2D eigenvalue weighted by molar-refractivity contribution is 5.70. The van der Waals surface area contributed by atoms with Crippen molar-refractivity contribution in [2.24, 2.45) is 5.11 Å². The van der Waals surface area contributed by atoms with E-state index in [9.17, 15) is 9.59 Å². The van der Waals surface area contributed by atoms with Gasteiger partial charge in [-0.1, -0.05) is 5.11 Å². The van der Waals surface area contributed by atoms with Crippen LogP contribution in [0.3, 0.4) is 0 Å². The van der Waals surface area contributed by atoms with Gasteiger partial charge in [-0.15, -0.1) is 0 Å². The van der Waals surface area contributed by atoms with E-state index in [0.29, 0.717) is 19.8 Å². The van der Waals surface area contributed by atoms with Crippen LogP contribution in [0.1, 0.15) is 66.2 Å². The SMILES string of the molecule is CCOC(=O)COCCCCN(C(=O)OC(C)(C)C)[C@H]1CC[C@@H](N=[N+]=[N-])CC1. The summed E-state index contributed by atoms with van der Waals surface area (Å²) in [5.41, 5.74) is 8.04. The molecule has 160 valence electrons. The van der Waals surface area contributed by atoms with Gasteiger partial charge in [0.25, 0.3) is 0 Å². The monoisotopic (exact) mass is 398 g/mol. The number of hydrogen-bond acceptors (Lipinski definition) is 6. The van der Waals surface area contributed by atoms with E-state index in [1.807, 2.05) is 20.8 Å². The second-order valence-electron chi connectivity index (χ2n) is 7.91. The molecule has 0 aromatic carbocycles. The molecule has 0 unspecified atom stereocenters. The fourth-order valence-electron chi connectivity index (χ4n) is 3.15. The summed E-state index contributed by atoms with van der Waals surface area (Å²) in [6.45, 7) is 8.60. The molecule has 9 nitrogen and oxygen atoms in total. The highest BCUT2D eigenvalue weighted by atomic mass is 16.6. The molecule has 0 atom stereocenters. The van der Waals surface area contributed by atoms with Gasteiger partial charge in [0.1, 0.15) is 12.2 Å². The molecule has 1 saturated carbocycles. The minimum Gasteiger partial charge on any atom is -0.464 e. The van der Waals surface area contributed by atoms with Crippen LogP contribution in [0, 0.1) is 0 Å². The van der Waals surface area contributed by atoms with E-state index in [1.165, 1.54) is 0 Å². The predicted molar refractivity (Wildman–Crippen MR) is 105 cm³/mol. The Labute approximate surface area is 167 Å². The van der Waals surface area contributed by atoms with Crippen LogP contribution in [0.15, 0.2) is 5.11 Å². The Bertz CT molecular complexity index is 535. The summed E-state index contributed by atoms with van der Waals surface area (Å²) in [7, 11) is 0. The molecule has 0 bridgehead atoms. The lowest BCUT2D eigenvalue weighted by molar-refractivity contribution is -0.148. The molecule has 0 aromatic rings. The van der Waals surface area contributed by atoms with Crippen molar-refractivity contribution in [3.63, 3.8) is 0 Å². The lowest BCUT2D eigenvalue weighted by atomic mass is 9.90. The van der Waals surface area contributed by atoms with E-state index >= 15 is 0 Å². The van der Waals surface area contributed by atoms with Crippen LogP contribution in [0.4, 0.5) is 4.79 Å². The number of hydrogen-bond donors (Lipinski definition) is 0. The van der Waals surface area contributed by atoms with Crippen molar-refractivity contribution in [2.75, 3.05) is 26.4 Å². The highest BCUT2D eigenvalue weighted by Gasteiger charge is 2.31. The van der Waals surface area contributed by atoms with Crippen molar-refractivity contribution >= 4 is 12.1 Å². The first-order chi connectivity index (χ1) is 13.3. The summed E-state index contributed by atoms with van der Waals surface area (Å²) in [5.74, 6) is -0.366. The van der Waals surface area contributed by atoms with Gasteiger partial charge in [0, 0.05) is 30.1 Å². The Kier molecular flexibility index (Phi) is 10.7. The summed E-state index contributed by atoms with van der Waals surface area (Å²) in [6.07, 6.45) is 4.30. The molecule has 0 saturated heterocycles. The fraction of sp³-hybridized carbons (Fsp3) is 0.895. The maximum absolute atomic E-state index is 12.7. The maximum atomic E-state index is 12.7. The van der Waals surface area contributed by atoms with E-state index < -0.39 is 5.60 Å². The molecule has 1 fully saturated rings. The van der Waals surface area contributed by atoms with Gasteiger partial charge in [-0.3, -0.25) is 0 Å². The lowest BCUT2D eigenvalue weighted by Gasteiger charge is -2.37. The van der Waals surface area contributed by atoms with Crippen molar-refractivity contribution in [1.29, 1.82) is 0 Å². The molecule has 1 aliphatic carbocycles. The highest BCUT2D eigenvalue weighted by Crippen LogP contribution is 2.27. The molecule has 1 rings (SSSR count). The van der Waals surface area contributed by atoms with Crippen LogP contribution in [-0.4, -0.2) is 61.0 Å². The lowest BCUT2D eigenvalue weighted by Crippen LogP contribution is -2.45. The third-order valence-electron chi connectivity index (χ3n) is 4.41. The third kappa shape index (κ3) is 9.80. The summed E-state index contributed by atoms with van der Waals surface area (Å²) in [6, 6.07) is 0.0958. The molecule has 0 spiro atoms. The number of carbonyl (C=O) groups excluding carboxylic acids is 2. The predicted octanol–water partition coefficient (Wildman–Crippen LogP) is 4.20. The Hall–Kier alpha value is -1.99. The molecule has 0 aromatic heterocycles. The van der Waals surface area contributed by atoms with E-state index in [4.69, 9.17) is 19.7 Å². The summed E-state index contributed by atoms with van der Waals surface area (Å²) >= 11 is 0. The molecular weight excluding hydrogens is 364 g/mol. The van der Waals surface area contributed by atoms with Crippen LogP contribution in [0.2, 0.25) is 0 Å². The van der Waals surface area contributed by atoms with Crippen molar-refractivity contribution in [2.45, 2.75) is 83.9 Å². The normalized spacial score (nSPS) is 19.4. The minimum absolute atomic E-state index is 0.0120. The first-order valence-electron chi connectivity index (χ1n) is 10.0. The smallest absolute Gasteiger partial charge is 0.410 e. The zero-order chi connectivity index (χ0) is 21.0. The minimum atomic E-state index is -0.555. The number of ether oxygens (including phenoxy) is 3. The van der Waals surface area contributed by atoms with Crippen LogP contribution in [-0.2, 0) is 19.0 Å². The first-order valence-corrected chi connectivity index (χ1v) is 10.0. The molecular formula is C19H34N4O5. The van der Waals surface area contributed by atoms with E-state index in [0.717, 1.165) is 38.5 Å². The van der Waals surface area contributed by atoms with Gasteiger partial charge < -0.3 is 19.1 Å². The molecule has 1 amide bonds. The standard InChI is InChI=1S/C19H34N4O5/c1-5-27-17(24)14-26-13-7-6-12-23(18(25)28-19(2,3)4)16-10-8-15(9-11-16)21-22-20/h15-16H,5-14H2,1-4H3/t15-,16+. The molecule has 0 aliphatic heterocycles. The molecule has 28 heavy (non-hydrogen) atoms. The first kappa shape index (κ1) is 24.0. The van der Waals surface area contributed by atoms with Crippen LogP contribution < -0.4 is 0 Å². The number of azide groups is 1. The molecule has 0 N–H and O–H groups in total. The average Bonchev–Trinajstić information content (AvgIpc) is 2.61. The zero-order valence-corrected chi connectivity index (χ0v) is 17.6. The van der Waals surface area contributed by atoms with Gasteiger partial charge in [-0.25, -0.2) is 9.59 Å². The quantitative estimate of drug-likeness (QED) is 0.180. The Morgan fingerprint density at radius 3 is 2.43 bits per heavy atom. The van der Waals surface area contributed by atoms with Crippen molar-refractivity contribution in [3.8, 4) is 0 Å². The van der Waals surface area contributed by atoms with Gasteiger partial charge in [0.05, 0.1) is 6.61 Å². The number of rotatable bonds is 10. The van der Waals surface area contributed by atoms with Crippen LogP contribution in [0.5, 0.6) is 0 Å². The van der Waals surface area contributed by atoms with E-state index in [1.54, 1.807) is 11.8 Å². The van der Waals surface area contributed by atoms with Gasteiger partial charge in [-0.05, 0) is 71.8 Å². The maximum Gasteiger partial charge on any atom is 0.410 e. The van der Waals surface area contributed by atoms with E-state index in [-0.39, 0.29) is 30.8 Å². The Morgan fingerprint density at radius 2 is 1.86 bits per heavy atom. The molecule has 0 heterocycles. The number of amides is 1. The van der Waals surface area contributed by atoms with E-state index in [2.05, 4.69) is 10.0 Å². The fourth-order valence-corrected chi connectivity index (χ4v) is 3.15. The number of nitrogens with zero attached hydrogens (tertiary/aromatic N) is 4. The topological polar surface area (TPSA) is 114 Å².